The summed E-state index contributed by atoms with van der Waals surface area (Å²) in [7, 11) is 1.46. The highest BCUT2D eigenvalue weighted by molar-refractivity contribution is 5.53. The molecule has 0 aliphatic heterocycles. The van der Waals surface area contributed by atoms with Crippen molar-refractivity contribution in [1.29, 1.82) is 0 Å². The van der Waals surface area contributed by atoms with E-state index in [1.165, 1.54) is 25.3 Å². The number of aromatic hydroxyl groups is 3. The van der Waals surface area contributed by atoms with E-state index in [2.05, 4.69) is 0 Å². The average Bonchev–Trinajstić information content (AvgIpc) is 2.62. The monoisotopic (exact) mass is 346 g/mol. The minimum Gasteiger partial charge on any atom is -0.504 e. The second kappa shape index (κ2) is 6.82. The van der Waals surface area contributed by atoms with Crippen LogP contribution in [0.25, 0.3) is 0 Å². The van der Waals surface area contributed by atoms with Crippen LogP contribution in [0.2, 0.25) is 0 Å². The van der Waals surface area contributed by atoms with Gasteiger partial charge in [-0.15, -0.1) is 0 Å². The Balaban J connectivity index is 2.19. The van der Waals surface area contributed by atoms with E-state index < -0.39 is 0 Å². The van der Waals surface area contributed by atoms with Gasteiger partial charge in [0.15, 0.2) is 23.0 Å². The van der Waals surface area contributed by atoms with Gasteiger partial charge in [0, 0.05) is 19.1 Å². The molecule has 0 bridgehead atoms. The zero-order valence-electron chi connectivity index (χ0n) is 13.9. The third-order valence-electron chi connectivity index (χ3n) is 5.10. The van der Waals surface area contributed by atoms with Crippen molar-refractivity contribution in [2.45, 2.75) is 12.3 Å². The zero-order valence-corrected chi connectivity index (χ0v) is 13.9. The van der Waals surface area contributed by atoms with Gasteiger partial charge in [0.25, 0.3) is 0 Å². The summed E-state index contributed by atoms with van der Waals surface area (Å²) in [6.07, 6.45) is 0.497. The van der Waals surface area contributed by atoms with Crippen LogP contribution < -0.4 is 4.74 Å². The molecule has 2 aromatic rings. The fourth-order valence-corrected chi connectivity index (χ4v) is 3.81. The molecule has 0 aromatic heterocycles. The fourth-order valence-electron chi connectivity index (χ4n) is 3.81. The second-order valence-corrected chi connectivity index (χ2v) is 6.44. The van der Waals surface area contributed by atoms with Crippen LogP contribution in [0, 0.1) is 11.8 Å². The summed E-state index contributed by atoms with van der Waals surface area (Å²) >= 11 is 0. The second-order valence-electron chi connectivity index (χ2n) is 6.44. The van der Waals surface area contributed by atoms with Crippen molar-refractivity contribution in [1.82, 2.24) is 0 Å². The lowest BCUT2D eigenvalue weighted by Crippen LogP contribution is -2.35. The molecule has 0 heterocycles. The number of hydrogen-bond donors (Lipinski definition) is 5. The smallest absolute Gasteiger partial charge is 0.160 e. The maximum absolute atomic E-state index is 9.95. The van der Waals surface area contributed by atoms with Crippen molar-refractivity contribution >= 4 is 0 Å². The molecular weight excluding hydrogens is 324 g/mol. The fraction of sp³-hybridized carbons (Fsp3) is 0.368. The first-order chi connectivity index (χ1) is 12.0. The van der Waals surface area contributed by atoms with Gasteiger partial charge in [0.05, 0.1) is 7.11 Å². The number of hydrogen-bond acceptors (Lipinski definition) is 6. The van der Waals surface area contributed by atoms with Gasteiger partial charge in [-0.25, -0.2) is 0 Å². The number of fused-ring (bicyclic) bond motifs is 1. The number of phenols is 3. The lowest BCUT2D eigenvalue weighted by molar-refractivity contribution is 0.101. The van der Waals surface area contributed by atoms with Crippen LogP contribution >= 0.6 is 0 Å². The molecule has 0 amide bonds. The van der Waals surface area contributed by atoms with E-state index >= 15 is 0 Å². The standard InChI is InChI=1S/C19H22O6/c1-25-18-6-10(2-3-15(18)22)19-13-7-17(24)16(23)5-11(13)4-12(8-20)14(19)9-21/h2-3,5-7,12,14,19-24H,4,8-9H2,1H3/t12-,14-,19-/m0/s1. The largest absolute Gasteiger partial charge is 0.504 e. The lowest BCUT2D eigenvalue weighted by atomic mass is 9.67. The molecule has 2 aromatic carbocycles. The van der Waals surface area contributed by atoms with Crippen molar-refractivity contribution in [2.24, 2.45) is 11.8 Å². The average molecular weight is 346 g/mol. The van der Waals surface area contributed by atoms with E-state index in [1.54, 1.807) is 12.1 Å². The Morgan fingerprint density at radius 2 is 1.68 bits per heavy atom. The van der Waals surface area contributed by atoms with Gasteiger partial charge in [-0.2, -0.15) is 0 Å². The summed E-state index contributed by atoms with van der Waals surface area (Å²) in [5.74, 6) is -0.887. The van der Waals surface area contributed by atoms with Gasteiger partial charge < -0.3 is 30.3 Å². The Hall–Kier alpha value is -2.44. The van der Waals surface area contributed by atoms with E-state index in [9.17, 15) is 25.5 Å². The molecule has 0 unspecified atom stereocenters. The highest BCUT2D eigenvalue weighted by Crippen LogP contribution is 2.47. The Morgan fingerprint density at radius 1 is 0.960 bits per heavy atom. The van der Waals surface area contributed by atoms with Gasteiger partial charge in [-0.1, -0.05) is 6.07 Å². The summed E-state index contributed by atoms with van der Waals surface area (Å²) < 4.78 is 5.18. The summed E-state index contributed by atoms with van der Waals surface area (Å²) in [6.45, 7) is -0.238. The summed E-state index contributed by atoms with van der Waals surface area (Å²) in [5.41, 5.74) is 2.39. The molecule has 1 aliphatic carbocycles. The van der Waals surface area contributed by atoms with Crippen molar-refractivity contribution in [3.63, 3.8) is 0 Å². The van der Waals surface area contributed by atoms with Gasteiger partial charge in [0.2, 0.25) is 0 Å². The minimum atomic E-state index is -0.313. The van der Waals surface area contributed by atoms with Gasteiger partial charge in [-0.3, -0.25) is 0 Å². The molecule has 0 fully saturated rings. The number of methoxy groups -OCH3 is 1. The van der Waals surface area contributed by atoms with E-state index in [4.69, 9.17) is 4.74 Å². The summed E-state index contributed by atoms with van der Waals surface area (Å²) in [5, 5.41) is 49.3. The van der Waals surface area contributed by atoms with Crippen molar-refractivity contribution in [3.05, 3.63) is 47.0 Å². The van der Waals surface area contributed by atoms with Gasteiger partial charge in [0.1, 0.15) is 0 Å². The molecule has 1 aliphatic rings. The first-order valence-corrected chi connectivity index (χ1v) is 8.13. The molecule has 0 saturated heterocycles. The maximum Gasteiger partial charge on any atom is 0.160 e. The Morgan fingerprint density at radius 3 is 2.32 bits per heavy atom. The van der Waals surface area contributed by atoms with E-state index in [0.29, 0.717) is 12.2 Å². The number of ether oxygens (including phenoxy) is 1. The molecule has 6 heteroatoms. The van der Waals surface area contributed by atoms with Crippen molar-refractivity contribution in [3.8, 4) is 23.0 Å². The van der Waals surface area contributed by atoms with Gasteiger partial charge >= 0.3 is 0 Å². The Bertz CT molecular complexity index is 773. The van der Waals surface area contributed by atoms with Crippen molar-refractivity contribution in [2.75, 3.05) is 20.3 Å². The Labute approximate surface area is 145 Å². The molecule has 0 spiro atoms. The van der Waals surface area contributed by atoms with Crippen LogP contribution in [-0.4, -0.2) is 45.9 Å². The lowest BCUT2D eigenvalue weighted by Gasteiger charge is -2.38. The number of aliphatic hydroxyl groups is 2. The first kappa shape index (κ1) is 17.4. The van der Waals surface area contributed by atoms with Crippen LogP contribution in [-0.2, 0) is 6.42 Å². The molecule has 134 valence electrons. The predicted molar refractivity (Wildman–Crippen MR) is 91.1 cm³/mol. The van der Waals surface area contributed by atoms with Crippen LogP contribution in [0.4, 0.5) is 0 Å². The highest BCUT2D eigenvalue weighted by atomic mass is 16.5. The minimum absolute atomic E-state index is 0.00935. The third-order valence-corrected chi connectivity index (χ3v) is 5.10. The zero-order chi connectivity index (χ0) is 18.1. The summed E-state index contributed by atoms with van der Waals surface area (Å²) in [6, 6.07) is 7.95. The summed E-state index contributed by atoms with van der Waals surface area (Å²) in [4.78, 5) is 0. The topological polar surface area (TPSA) is 110 Å². The Kier molecular flexibility index (Phi) is 4.74. The molecule has 3 atom stereocenters. The quantitative estimate of drug-likeness (QED) is 0.539. The maximum atomic E-state index is 9.95. The van der Waals surface area contributed by atoms with E-state index in [1.807, 2.05) is 0 Å². The number of phenolic OH excluding ortho intramolecular Hbond substituents is 3. The number of benzene rings is 2. The number of rotatable bonds is 4. The molecule has 0 radical (unpaired) electrons. The molecular formula is C19H22O6. The molecule has 0 saturated carbocycles. The normalized spacial score (nSPS) is 22.4. The van der Waals surface area contributed by atoms with Gasteiger partial charge in [-0.05, 0) is 59.2 Å². The van der Waals surface area contributed by atoms with Crippen LogP contribution in [0.1, 0.15) is 22.6 Å². The van der Waals surface area contributed by atoms with E-state index in [0.717, 1.165) is 16.7 Å². The SMILES string of the molecule is COc1cc([C@H]2c3cc(O)c(O)cc3C[C@@H](CO)[C@@H]2CO)ccc1O. The van der Waals surface area contributed by atoms with Crippen LogP contribution in [0.15, 0.2) is 30.3 Å². The first-order valence-electron chi connectivity index (χ1n) is 8.13. The van der Waals surface area contributed by atoms with Crippen LogP contribution in [0.5, 0.6) is 23.0 Å². The molecule has 5 N–H and O–H groups in total. The number of aliphatic hydroxyl groups excluding tert-OH is 2. The van der Waals surface area contributed by atoms with E-state index in [-0.39, 0.29) is 48.2 Å². The molecule has 6 nitrogen and oxygen atoms in total. The molecule has 3 rings (SSSR count). The third kappa shape index (κ3) is 2.99. The van der Waals surface area contributed by atoms with Crippen molar-refractivity contribution < 1.29 is 30.3 Å². The predicted octanol–water partition coefficient (Wildman–Crippen LogP) is 1.72. The van der Waals surface area contributed by atoms with Crippen LogP contribution in [0.3, 0.4) is 0 Å². The molecule has 25 heavy (non-hydrogen) atoms. The highest BCUT2D eigenvalue weighted by Gasteiger charge is 2.38.